The predicted molar refractivity (Wildman–Crippen MR) is 71.5 cm³/mol. The Balaban J connectivity index is 2.71. The number of benzene rings is 1. The smallest absolute Gasteiger partial charge is 0.253 e. The fourth-order valence-corrected chi connectivity index (χ4v) is 1.99. The van der Waals surface area contributed by atoms with Gasteiger partial charge in [-0.3, -0.25) is 4.79 Å². The summed E-state index contributed by atoms with van der Waals surface area (Å²) in [7, 11) is 0. The van der Waals surface area contributed by atoms with Crippen molar-refractivity contribution in [2.75, 3.05) is 26.0 Å². The van der Waals surface area contributed by atoms with Gasteiger partial charge in [0, 0.05) is 30.2 Å². The van der Waals surface area contributed by atoms with E-state index < -0.39 is 0 Å². The van der Waals surface area contributed by atoms with Crippen molar-refractivity contribution in [1.82, 2.24) is 4.90 Å². The molecule has 0 unspecified atom stereocenters. The summed E-state index contributed by atoms with van der Waals surface area (Å²) in [6.45, 7) is 3.35. The van der Waals surface area contributed by atoms with Crippen LogP contribution < -0.4 is 0 Å². The number of amides is 1. The van der Waals surface area contributed by atoms with Gasteiger partial charge in [0.05, 0.1) is 0 Å². The second-order valence-electron chi connectivity index (χ2n) is 3.69. The second kappa shape index (κ2) is 7.35. The van der Waals surface area contributed by atoms with Gasteiger partial charge in [0.15, 0.2) is 0 Å². The zero-order valence-corrected chi connectivity index (χ0v) is 11.2. The Bertz CT molecular complexity index is 351. The highest BCUT2D eigenvalue weighted by molar-refractivity contribution is 7.98. The molecule has 0 aromatic heterocycles. The van der Waals surface area contributed by atoms with Crippen LogP contribution in [0.15, 0.2) is 29.2 Å². The fraction of sp³-hybridized carbons (Fsp3) is 0.462. The van der Waals surface area contributed by atoms with Gasteiger partial charge in [-0.15, -0.1) is 11.8 Å². The maximum absolute atomic E-state index is 12.1. The lowest BCUT2D eigenvalue weighted by Gasteiger charge is -2.20. The van der Waals surface area contributed by atoms with Crippen molar-refractivity contribution in [3.8, 4) is 0 Å². The van der Waals surface area contributed by atoms with Crippen LogP contribution in [0.4, 0.5) is 0 Å². The number of carbonyl (C=O) groups excluding carboxylic acids is 1. The van der Waals surface area contributed by atoms with Gasteiger partial charge >= 0.3 is 0 Å². The highest BCUT2D eigenvalue weighted by Crippen LogP contribution is 2.15. The van der Waals surface area contributed by atoms with Crippen LogP contribution in [0, 0.1) is 0 Å². The summed E-state index contributed by atoms with van der Waals surface area (Å²) < 4.78 is 0. The third kappa shape index (κ3) is 4.06. The van der Waals surface area contributed by atoms with Gasteiger partial charge in [-0.2, -0.15) is 0 Å². The number of hydrogen-bond donors (Lipinski definition) is 1. The van der Waals surface area contributed by atoms with Crippen LogP contribution in [0.2, 0.25) is 0 Å². The molecule has 0 saturated heterocycles. The summed E-state index contributed by atoms with van der Waals surface area (Å²) >= 11 is 1.66. The lowest BCUT2D eigenvalue weighted by molar-refractivity contribution is 0.0754. The summed E-state index contributed by atoms with van der Waals surface area (Å²) in [5.41, 5.74) is 0.711. The van der Waals surface area contributed by atoms with Gasteiger partial charge in [0.25, 0.3) is 5.91 Å². The first kappa shape index (κ1) is 14.1. The molecule has 4 heteroatoms. The fourth-order valence-electron chi connectivity index (χ4n) is 1.58. The second-order valence-corrected chi connectivity index (χ2v) is 4.57. The molecule has 0 radical (unpaired) electrons. The van der Waals surface area contributed by atoms with E-state index in [0.717, 1.165) is 4.90 Å². The van der Waals surface area contributed by atoms with Crippen molar-refractivity contribution < 1.29 is 9.90 Å². The molecule has 0 aliphatic rings. The van der Waals surface area contributed by atoms with Crippen LogP contribution in [0.1, 0.15) is 23.7 Å². The van der Waals surface area contributed by atoms with Crippen LogP contribution in [0.25, 0.3) is 0 Å². The molecule has 17 heavy (non-hydrogen) atoms. The molecule has 1 N–H and O–H groups in total. The Morgan fingerprint density at radius 1 is 1.35 bits per heavy atom. The highest BCUT2D eigenvalue weighted by Gasteiger charge is 2.13. The Labute approximate surface area is 107 Å². The molecular weight excluding hydrogens is 234 g/mol. The summed E-state index contributed by atoms with van der Waals surface area (Å²) in [5.74, 6) is 0.0357. The minimum atomic E-state index is 0.0357. The summed E-state index contributed by atoms with van der Waals surface area (Å²) in [6, 6.07) is 7.63. The Kier molecular flexibility index (Phi) is 6.08. The Morgan fingerprint density at radius 3 is 2.47 bits per heavy atom. The van der Waals surface area contributed by atoms with Crippen molar-refractivity contribution >= 4 is 17.7 Å². The summed E-state index contributed by atoms with van der Waals surface area (Å²) in [5, 5.41) is 8.79. The van der Waals surface area contributed by atoms with E-state index in [-0.39, 0.29) is 12.5 Å². The van der Waals surface area contributed by atoms with Gasteiger partial charge in [0.1, 0.15) is 0 Å². The predicted octanol–water partition coefficient (Wildman–Crippen LogP) is 2.25. The molecule has 0 aliphatic heterocycles. The SMILES string of the molecule is CCN(CCCO)C(=O)c1ccc(SC)cc1. The first-order valence-electron chi connectivity index (χ1n) is 5.77. The van der Waals surface area contributed by atoms with Crippen molar-refractivity contribution in [1.29, 1.82) is 0 Å². The highest BCUT2D eigenvalue weighted by atomic mass is 32.2. The molecule has 1 rings (SSSR count). The van der Waals surface area contributed by atoms with Crippen LogP contribution >= 0.6 is 11.8 Å². The number of nitrogens with zero attached hydrogens (tertiary/aromatic N) is 1. The van der Waals surface area contributed by atoms with Crippen molar-refractivity contribution in [3.05, 3.63) is 29.8 Å². The standard InChI is InChI=1S/C13H19NO2S/c1-3-14(9-4-10-15)13(16)11-5-7-12(17-2)8-6-11/h5-8,15H,3-4,9-10H2,1-2H3. The largest absolute Gasteiger partial charge is 0.396 e. The quantitative estimate of drug-likeness (QED) is 0.791. The van der Waals surface area contributed by atoms with Gasteiger partial charge in [-0.1, -0.05) is 0 Å². The summed E-state index contributed by atoms with van der Waals surface area (Å²) in [6.07, 6.45) is 2.64. The minimum Gasteiger partial charge on any atom is -0.396 e. The third-order valence-corrected chi connectivity index (χ3v) is 3.34. The van der Waals surface area contributed by atoms with E-state index in [0.29, 0.717) is 25.1 Å². The number of aliphatic hydroxyl groups is 1. The van der Waals surface area contributed by atoms with Gasteiger partial charge < -0.3 is 10.0 Å². The molecule has 0 saturated carbocycles. The Morgan fingerprint density at radius 2 is 2.00 bits per heavy atom. The van der Waals surface area contributed by atoms with Crippen molar-refractivity contribution in [2.45, 2.75) is 18.2 Å². The molecule has 0 spiro atoms. The van der Waals surface area contributed by atoms with E-state index in [1.807, 2.05) is 37.4 Å². The van der Waals surface area contributed by atoms with E-state index in [4.69, 9.17) is 5.11 Å². The maximum atomic E-state index is 12.1. The van der Waals surface area contributed by atoms with Gasteiger partial charge in [-0.25, -0.2) is 0 Å². The number of thioether (sulfide) groups is 1. The molecule has 0 fully saturated rings. The van der Waals surface area contributed by atoms with Crippen LogP contribution in [-0.2, 0) is 0 Å². The van der Waals surface area contributed by atoms with Crippen molar-refractivity contribution in [3.63, 3.8) is 0 Å². The van der Waals surface area contributed by atoms with Crippen LogP contribution in [-0.4, -0.2) is 41.9 Å². The van der Waals surface area contributed by atoms with E-state index in [9.17, 15) is 4.79 Å². The monoisotopic (exact) mass is 253 g/mol. The normalized spacial score (nSPS) is 10.3. The Hall–Kier alpha value is -1.00. The number of rotatable bonds is 6. The molecule has 0 atom stereocenters. The number of hydrogen-bond acceptors (Lipinski definition) is 3. The van der Waals surface area contributed by atoms with E-state index in [1.54, 1.807) is 16.7 Å². The first-order chi connectivity index (χ1) is 8.22. The van der Waals surface area contributed by atoms with E-state index >= 15 is 0 Å². The average molecular weight is 253 g/mol. The molecule has 1 aromatic rings. The van der Waals surface area contributed by atoms with E-state index in [2.05, 4.69) is 0 Å². The molecular formula is C13H19NO2S. The minimum absolute atomic E-state index is 0.0357. The molecule has 94 valence electrons. The molecule has 1 aromatic carbocycles. The number of carbonyl (C=O) groups is 1. The van der Waals surface area contributed by atoms with Crippen molar-refractivity contribution in [2.24, 2.45) is 0 Å². The zero-order valence-electron chi connectivity index (χ0n) is 10.3. The first-order valence-corrected chi connectivity index (χ1v) is 6.99. The lowest BCUT2D eigenvalue weighted by Crippen LogP contribution is -2.32. The zero-order chi connectivity index (χ0) is 12.7. The molecule has 0 bridgehead atoms. The average Bonchev–Trinajstić information content (AvgIpc) is 2.39. The number of aliphatic hydroxyl groups excluding tert-OH is 1. The molecule has 0 aliphatic carbocycles. The molecule has 0 heterocycles. The lowest BCUT2D eigenvalue weighted by atomic mass is 10.2. The van der Waals surface area contributed by atoms with Gasteiger partial charge in [0.2, 0.25) is 0 Å². The third-order valence-electron chi connectivity index (χ3n) is 2.59. The van der Waals surface area contributed by atoms with Gasteiger partial charge in [-0.05, 0) is 43.9 Å². The molecule has 3 nitrogen and oxygen atoms in total. The van der Waals surface area contributed by atoms with Crippen LogP contribution in [0.5, 0.6) is 0 Å². The molecule has 1 amide bonds. The topological polar surface area (TPSA) is 40.5 Å². The summed E-state index contributed by atoms with van der Waals surface area (Å²) in [4.78, 5) is 15.0. The van der Waals surface area contributed by atoms with Crippen LogP contribution in [0.3, 0.4) is 0 Å². The maximum Gasteiger partial charge on any atom is 0.253 e. The van der Waals surface area contributed by atoms with E-state index in [1.165, 1.54) is 0 Å².